The zero-order valence-electron chi connectivity index (χ0n) is 17.1. The van der Waals surface area contributed by atoms with E-state index in [4.69, 9.17) is 4.74 Å². The minimum atomic E-state index is -0.930. The van der Waals surface area contributed by atoms with E-state index < -0.39 is 23.5 Å². The molecule has 1 aliphatic rings. The van der Waals surface area contributed by atoms with Crippen LogP contribution in [0.1, 0.15) is 32.0 Å². The highest BCUT2D eigenvalue weighted by Crippen LogP contribution is 2.45. The van der Waals surface area contributed by atoms with Gasteiger partial charge in [-0.3, -0.25) is 14.5 Å². The molecule has 7 nitrogen and oxygen atoms in total. The predicted octanol–water partition coefficient (Wildman–Crippen LogP) is 4.26. The van der Waals surface area contributed by atoms with Crippen LogP contribution in [0.2, 0.25) is 0 Å². The second-order valence-electron chi connectivity index (χ2n) is 7.08. The molecule has 0 saturated heterocycles. The Bertz CT molecular complexity index is 1210. The number of phenolic OH excluding ortho intramolecular Hbond substituents is 1. The highest BCUT2D eigenvalue weighted by atomic mass is 32.1. The molecule has 0 aliphatic carbocycles. The van der Waals surface area contributed by atoms with E-state index in [2.05, 4.69) is 4.98 Å². The van der Waals surface area contributed by atoms with Gasteiger partial charge < -0.3 is 14.9 Å². The third kappa shape index (κ3) is 3.44. The van der Waals surface area contributed by atoms with Crippen molar-refractivity contribution in [3.05, 3.63) is 81.0 Å². The van der Waals surface area contributed by atoms with Gasteiger partial charge in [-0.1, -0.05) is 24.3 Å². The number of hydrogen-bond acceptors (Lipinski definition) is 7. The largest absolute Gasteiger partial charge is 0.506 e. The molecule has 0 spiro atoms. The lowest BCUT2D eigenvalue weighted by Gasteiger charge is -2.27. The molecule has 1 aliphatic heterocycles. The van der Waals surface area contributed by atoms with Crippen LogP contribution in [0.15, 0.2) is 59.9 Å². The SMILES string of the molecule is COc1ccc(C2C(C(=O)c3sc(C)nc3C)=C(O)C(=O)N2c2ccccc2O)cc1. The quantitative estimate of drug-likeness (QED) is 0.580. The number of anilines is 1. The molecule has 0 fully saturated rings. The number of methoxy groups -OCH3 is 1. The number of carbonyl (C=O) groups is 2. The number of ether oxygens (including phenoxy) is 1. The van der Waals surface area contributed by atoms with Crippen molar-refractivity contribution in [2.45, 2.75) is 19.9 Å². The molecule has 1 atom stereocenters. The van der Waals surface area contributed by atoms with Crippen molar-refractivity contribution < 1.29 is 24.5 Å². The molecule has 0 saturated carbocycles. The Balaban J connectivity index is 1.90. The van der Waals surface area contributed by atoms with Crippen LogP contribution in [0.4, 0.5) is 5.69 Å². The number of amides is 1. The predicted molar refractivity (Wildman–Crippen MR) is 117 cm³/mol. The van der Waals surface area contributed by atoms with Gasteiger partial charge >= 0.3 is 0 Å². The average Bonchev–Trinajstić information content (AvgIpc) is 3.24. The summed E-state index contributed by atoms with van der Waals surface area (Å²) < 4.78 is 5.21. The number of Topliss-reactive ketones (excluding diaryl/α,β-unsaturated/α-hetero) is 1. The molecule has 3 aromatic rings. The Kier molecular flexibility index (Phi) is 5.24. The number of thiazole rings is 1. The minimum Gasteiger partial charge on any atom is -0.506 e. The van der Waals surface area contributed by atoms with Gasteiger partial charge in [0.2, 0.25) is 5.78 Å². The molecular weight excluding hydrogens is 416 g/mol. The second kappa shape index (κ2) is 7.88. The zero-order valence-corrected chi connectivity index (χ0v) is 17.9. The van der Waals surface area contributed by atoms with Crippen molar-refractivity contribution in [2.75, 3.05) is 12.0 Å². The van der Waals surface area contributed by atoms with E-state index >= 15 is 0 Å². The highest BCUT2D eigenvalue weighted by molar-refractivity contribution is 7.14. The highest BCUT2D eigenvalue weighted by Gasteiger charge is 2.46. The number of ketones is 1. The van der Waals surface area contributed by atoms with Crippen molar-refractivity contribution in [1.29, 1.82) is 0 Å². The Labute approximate surface area is 182 Å². The van der Waals surface area contributed by atoms with Crippen LogP contribution in [-0.2, 0) is 4.79 Å². The molecular formula is C23H20N2O5S. The number of aryl methyl sites for hydroxylation is 2. The first-order valence-corrected chi connectivity index (χ1v) is 10.3. The van der Waals surface area contributed by atoms with E-state index in [1.165, 1.54) is 29.4 Å². The fourth-order valence-electron chi connectivity index (χ4n) is 3.72. The van der Waals surface area contributed by atoms with Gasteiger partial charge in [-0.05, 0) is 43.7 Å². The third-order valence-electron chi connectivity index (χ3n) is 5.14. The van der Waals surface area contributed by atoms with E-state index in [9.17, 15) is 19.8 Å². The molecule has 4 rings (SSSR count). The molecule has 31 heavy (non-hydrogen) atoms. The first-order chi connectivity index (χ1) is 14.8. The van der Waals surface area contributed by atoms with Gasteiger partial charge in [0, 0.05) is 0 Å². The normalized spacial score (nSPS) is 16.2. The number of phenols is 1. The van der Waals surface area contributed by atoms with Gasteiger partial charge in [0.1, 0.15) is 11.5 Å². The maximum atomic E-state index is 13.5. The average molecular weight is 436 g/mol. The third-order valence-corrected chi connectivity index (χ3v) is 6.21. The number of aliphatic hydroxyl groups is 1. The lowest BCUT2D eigenvalue weighted by molar-refractivity contribution is -0.117. The number of para-hydroxylation sites is 2. The van der Waals surface area contributed by atoms with E-state index in [-0.39, 0.29) is 17.0 Å². The van der Waals surface area contributed by atoms with Gasteiger partial charge in [-0.25, -0.2) is 4.98 Å². The van der Waals surface area contributed by atoms with Gasteiger partial charge in [-0.15, -0.1) is 11.3 Å². The lowest BCUT2D eigenvalue weighted by Crippen LogP contribution is -2.31. The topological polar surface area (TPSA) is 100.0 Å². The first kappa shape index (κ1) is 20.6. The van der Waals surface area contributed by atoms with E-state index in [1.54, 1.807) is 56.3 Å². The monoisotopic (exact) mass is 436 g/mol. The van der Waals surface area contributed by atoms with Crippen LogP contribution in [0, 0.1) is 13.8 Å². The van der Waals surface area contributed by atoms with Crippen LogP contribution in [0.5, 0.6) is 11.5 Å². The van der Waals surface area contributed by atoms with Crippen molar-refractivity contribution in [3.63, 3.8) is 0 Å². The second-order valence-corrected chi connectivity index (χ2v) is 8.28. The minimum absolute atomic E-state index is 0.0508. The van der Waals surface area contributed by atoms with Gasteiger partial charge in [-0.2, -0.15) is 0 Å². The molecule has 0 bridgehead atoms. The lowest BCUT2D eigenvalue weighted by atomic mass is 9.94. The molecule has 2 N–H and O–H groups in total. The first-order valence-electron chi connectivity index (χ1n) is 9.50. The molecule has 158 valence electrons. The maximum Gasteiger partial charge on any atom is 0.294 e. The fraction of sp³-hybridized carbons (Fsp3) is 0.174. The summed E-state index contributed by atoms with van der Waals surface area (Å²) in [6.45, 7) is 3.51. The molecule has 1 aromatic heterocycles. The number of aliphatic hydroxyl groups excluding tert-OH is 1. The summed E-state index contributed by atoms with van der Waals surface area (Å²) in [4.78, 5) is 32.5. The van der Waals surface area contributed by atoms with Crippen LogP contribution in [0.25, 0.3) is 0 Å². The number of rotatable bonds is 5. The van der Waals surface area contributed by atoms with E-state index in [1.807, 2.05) is 0 Å². The number of hydrogen-bond donors (Lipinski definition) is 2. The molecule has 1 amide bonds. The van der Waals surface area contributed by atoms with Crippen molar-refractivity contribution >= 4 is 28.7 Å². The number of aromatic nitrogens is 1. The van der Waals surface area contributed by atoms with Crippen LogP contribution >= 0.6 is 11.3 Å². The van der Waals surface area contributed by atoms with E-state index in [0.717, 1.165) is 0 Å². The van der Waals surface area contributed by atoms with E-state index in [0.29, 0.717) is 26.9 Å². The Morgan fingerprint density at radius 3 is 2.35 bits per heavy atom. The number of carbonyl (C=O) groups excluding carboxylic acids is 2. The summed E-state index contributed by atoms with van der Waals surface area (Å²) in [5, 5.41) is 21.9. The Morgan fingerprint density at radius 2 is 1.77 bits per heavy atom. The molecule has 0 radical (unpaired) electrons. The number of benzene rings is 2. The molecule has 2 heterocycles. The summed E-state index contributed by atoms with van der Waals surface area (Å²) in [6, 6.07) is 12.2. The van der Waals surface area contributed by atoms with Gasteiger partial charge in [0.25, 0.3) is 5.91 Å². The van der Waals surface area contributed by atoms with Crippen molar-refractivity contribution in [2.24, 2.45) is 0 Å². The maximum absolute atomic E-state index is 13.5. The van der Waals surface area contributed by atoms with Crippen molar-refractivity contribution in [3.8, 4) is 11.5 Å². The Hall–Kier alpha value is -3.65. The summed E-state index contributed by atoms with van der Waals surface area (Å²) in [7, 11) is 1.54. The van der Waals surface area contributed by atoms with Gasteiger partial charge in [0.15, 0.2) is 5.76 Å². The number of nitrogens with zero attached hydrogens (tertiary/aromatic N) is 2. The summed E-state index contributed by atoms with van der Waals surface area (Å²) in [6.07, 6.45) is 0. The van der Waals surface area contributed by atoms with Gasteiger partial charge in [0.05, 0.1) is 40.0 Å². The Morgan fingerprint density at radius 1 is 1.10 bits per heavy atom. The summed E-state index contributed by atoms with van der Waals surface area (Å²) >= 11 is 1.21. The smallest absolute Gasteiger partial charge is 0.294 e. The molecule has 2 aromatic carbocycles. The van der Waals surface area contributed by atoms with Crippen LogP contribution in [0.3, 0.4) is 0 Å². The standard InChI is InChI=1S/C23H20N2O5S/c1-12-22(31-13(2)24-12)20(27)18-19(14-8-10-15(30-3)11-9-14)25(23(29)21(18)28)16-6-4-5-7-17(16)26/h4-11,19,26,28H,1-3H3. The summed E-state index contributed by atoms with van der Waals surface area (Å²) in [5.41, 5.74) is 1.27. The molecule has 1 unspecified atom stereocenters. The molecule has 8 heteroatoms. The van der Waals surface area contributed by atoms with Crippen molar-refractivity contribution in [1.82, 2.24) is 4.98 Å². The number of aromatic hydroxyl groups is 1. The zero-order chi connectivity index (χ0) is 22.3. The van der Waals surface area contributed by atoms with Crippen LogP contribution < -0.4 is 9.64 Å². The fourth-order valence-corrected chi connectivity index (χ4v) is 4.59. The van der Waals surface area contributed by atoms with Crippen LogP contribution in [-0.4, -0.2) is 34.0 Å². The summed E-state index contributed by atoms with van der Waals surface area (Å²) in [5.74, 6) is -1.39.